The van der Waals surface area contributed by atoms with Crippen molar-refractivity contribution in [1.29, 1.82) is 0 Å². The van der Waals surface area contributed by atoms with Crippen LogP contribution in [0, 0.1) is 0 Å². The number of alkyl halides is 3. The molecule has 0 aliphatic rings. The molecule has 0 aliphatic carbocycles. The largest absolute Gasteiger partial charge is 0.416 e. The van der Waals surface area contributed by atoms with Gasteiger partial charge in [-0.2, -0.15) is 13.2 Å². The van der Waals surface area contributed by atoms with Crippen molar-refractivity contribution < 1.29 is 13.2 Å². The van der Waals surface area contributed by atoms with Crippen molar-refractivity contribution in [2.45, 2.75) is 6.18 Å². The van der Waals surface area contributed by atoms with E-state index >= 15 is 0 Å². The van der Waals surface area contributed by atoms with Crippen LogP contribution in [0.15, 0.2) is 36.7 Å². The molecule has 17 heavy (non-hydrogen) atoms. The summed E-state index contributed by atoms with van der Waals surface area (Å²) in [6.45, 7) is 0. The summed E-state index contributed by atoms with van der Waals surface area (Å²) in [5.74, 6) is 0. The van der Waals surface area contributed by atoms with Crippen LogP contribution in [-0.4, -0.2) is 9.97 Å². The number of rotatable bonds is 1. The molecule has 1 heterocycles. The smallest absolute Gasteiger partial charge is 0.259 e. The molecule has 0 saturated heterocycles. The summed E-state index contributed by atoms with van der Waals surface area (Å²) in [7, 11) is 0. The van der Waals surface area contributed by atoms with Crippen molar-refractivity contribution in [1.82, 2.24) is 9.97 Å². The molecule has 0 spiro atoms. The molecule has 1 aromatic carbocycles. The van der Waals surface area contributed by atoms with E-state index < -0.39 is 11.7 Å². The SMILES string of the molecule is FC(F)(F)c1cccc(-c2cncc(Cl)n2)c1. The molecular weight excluding hydrogens is 253 g/mol. The Bertz CT molecular complexity index is 540. The summed E-state index contributed by atoms with van der Waals surface area (Å²) in [6, 6.07) is 4.86. The first kappa shape index (κ1) is 11.9. The highest BCUT2D eigenvalue weighted by atomic mass is 35.5. The Morgan fingerprint density at radius 1 is 1.12 bits per heavy atom. The van der Waals surface area contributed by atoms with Gasteiger partial charge in [-0.25, -0.2) is 4.98 Å². The van der Waals surface area contributed by atoms with Crippen molar-refractivity contribution in [3.05, 3.63) is 47.4 Å². The van der Waals surface area contributed by atoms with Crippen LogP contribution in [0.1, 0.15) is 5.56 Å². The molecule has 0 unspecified atom stereocenters. The highest BCUT2D eigenvalue weighted by molar-refractivity contribution is 6.29. The van der Waals surface area contributed by atoms with Crippen LogP contribution in [-0.2, 0) is 6.18 Å². The highest BCUT2D eigenvalue weighted by Gasteiger charge is 2.30. The van der Waals surface area contributed by atoms with E-state index in [-0.39, 0.29) is 5.15 Å². The molecule has 0 amide bonds. The predicted molar refractivity (Wildman–Crippen MR) is 57.5 cm³/mol. The van der Waals surface area contributed by atoms with E-state index in [1.807, 2.05) is 0 Å². The lowest BCUT2D eigenvalue weighted by atomic mass is 10.1. The van der Waals surface area contributed by atoms with Crippen LogP contribution in [0.2, 0.25) is 5.15 Å². The van der Waals surface area contributed by atoms with Gasteiger partial charge in [0.2, 0.25) is 0 Å². The quantitative estimate of drug-likeness (QED) is 0.777. The lowest BCUT2D eigenvalue weighted by Gasteiger charge is -2.08. The summed E-state index contributed by atoms with van der Waals surface area (Å²) in [6.07, 6.45) is -1.69. The fourth-order valence-electron chi connectivity index (χ4n) is 1.34. The van der Waals surface area contributed by atoms with Gasteiger partial charge in [-0.15, -0.1) is 0 Å². The van der Waals surface area contributed by atoms with Gasteiger partial charge in [-0.3, -0.25) is 4.98 Å². The number of nitrogens with zero attached hydrogens (tertiary/aromatic N) is 2. The summed E-state index contributed by atoms with van der Waals surface area (Å²) in [4.78, 5) is 7.68. The molecule has 2 aromatic rings. The van der Waals surface area contributed by atoms with Crippen LogP contribution in [0.5, 0.6) is 0 Å². The molecule has 2 nitrogen and oxygen atoms in total. The fourth-order valence-corrected chi connectivity index (χ4v) is 1.48. The van der Waals surface area contributed by atoms with Gasteiger partial charge in [0.15, 0.2) is 0 Å². The normalized spacial score (nSPS) is 11.5. The summed E-state index contributed by atoms with van der Waals surface area (Å²) in [5.41, 5.74) is -0.0878. The first-order valence-electron chi connectivity index (χ1n) is 4.62. The van der Waals surface area contributed by atoms with E-state index in [9.17, 15) is 13.2 Å². The first-order valence-corrected chi connectivity index (χ1v) is 5.00. The second kappa shape index (κ2) is 4.33. The molecule has 0 saturated carbocycles. The lowest BCUT2D eigenvalue weighted by Crippen LogP contribution is -2.04. The van der Waals surface area contributed by atoms with Gasteiger partial charge in [0.05, 0.1) is 23.7 Å². The van der Waals surface area contributed by atoms with Gasteiger partial charge >= 0.3 is 6.18 Å². The minimum Gasteiger partial charge on any atom is -0.259 e. The summed E-state index contributed by atoms with van der Waals surface area (Å²) >= 11 is 5.63. The topological polar surface area (TPSA) is 25.8 Å². The minimum atomic E-state index is -4.37. The number of hydrogen-bond donors (Lipinski definition) is 0. The van der Waals surface area contributed by atoms with Crippen molar-refractivity contribution in [3.8, 4) is 11.3 Å². The molecule has 2 rings (SSSR count). The Hall–Kier alpha value is -1.62. The van der Waals surface area contributed by atoms with Crippen molar-refractivity contribution in [2.75, 3.05) is 0 Å². The van der Waals surface area contributed by atoms with E-state index in [0.29, 0.717) is 11.3 Å². The minimum absolute atomic E-state index is 0.139. The van der Waals surface area contributed by atoms with E-state index in [2.05, 4.69) is 9.97 Å². The Morgan fingerprint density at radius 2 is 1.88 bits per heavy atom. The maximum atomic E-state index is 12.5. The van der Waals surface area contributed by atoms with Crippen molar-refractivity contribution in [2.24, 2.45) is 0 Å². The molecule has 0 bridgehead atoms. The number of aromatic nitrogens is 2. The van der Waals surface area contributed by atoms with E-state index in [0.717, 1.165) is 12.1 Å². The van der Waals surface area contributed by atoms with Crippen LogP contribution in [0.4, 0.5) is 13.2 Å². The van der Waals surface area contributed by atoms with Crippen molar-refractivity contribution >= 4 is 11.6 Å². The fraction of sp³-hybridized carbons (Fsp3) is 0.0909. The zero-order valence-electron chi connectivity index (χ0n) is 8.37. The van der Waals surface area contributed by atoms with Crippen molar-refractivity contribution in [3.63, 3.8) is 0 Å². The molecule has 0 atom stereocenters. The van der Waals surface area contributed by atoms with Gasteiger partial charge in [-0.05, 0) is 12.1 Å². The van der Waals surface area contributed by atoms with E-state index in [4.69, 9.17) is 11.6 Å². The third kappa shape index (κ3) is 2.74. The number of hydrogen-bond acceptors (Lipinski definition) is 2. The van der Waals surface area contributed by atoms with Gasteiger partial charge in [0.1, 0.15) is 5.15 Å². The predicted octanol–water partition coefficient (Wildman–Crippen LogP) is 3.82. The average molecular weight is 259 g/mol. The Balaban J connectivity index is 2.47. The molecule has 6 heteroatoms. The average Bonchev–Trinajstić information content (AvgIpc) is 2.28. The maximum absolute atomic E-state index is 12.5. The molecule has 0 N–H and O–H groups in total. The zero-order chi connectivity index (χ0) is 12.5. The third-order valence-electron chi connectivity index (χ3n) is 2.09. The molecule has 0 aliphatic heterocycles. The number of halogens is 4. The summed E-state index contributed by atoms with van der Waals surface area (Å²) < 4.78 is 37.5. The zero-order valence-corrected chi connectivity index (χ0v) is 9.13. The van der Waals surface area contributed by atoms with Gasteiger partial charge < -0.3 is 0 Å². The third-order valence-corrected chi connectivity index (χ3v) is 2.27. The second-order valence-corrected chi connectivity index (χ2v) is 3.69. The van der Waals surface area contributed by atoms with Gasteiger partial charge in [-0.1, -0.05) is 23.7 Å². The Morgan fingerprint density at radius 3 is 2.53 bits per heavy atom. The van der Waals surface area contributed by atoms with Crippen LogP contribution >= 0.6 is 11.6 Å². The van der Waals surface area contributed by atoms with Gasteiger partial charge in [0.25, 0.3) is 0 Å². The van der Waals surface area contributed by atoms with E-state index in [1.54, 1.807) is 0 Å². The number of benzene rings is 1. The molecular formula is C11H6ClF3N2. The monoisotopic (exact) mass is 258 g/mol. The molecule has 0 radical (unpaired) electrons. The Kier molecular flexibility index (Phi) is 3.02. The first-order chi connectivity index (χ1) is 7.97. The van der Waals surface area contributed by atoms with E-state index in [1.165, 1.54) is 24.5 Å². The maximum Gasteiger partial charge on any atom is 0.416 e. The standard InChI is InChI=1S/C11H6ClF3N2/c12-10-6-16-5-9(17-10)7-2-1-3-8(4-7)11(13,14)15/h1-6H. The highest BCUT2D eigenvalue weighted by Crippen LogP contribution is 2.31. The second-order valence-electron chi connectivity index (χ2n) is 3.31. The molecule has 88 valence electrons. The van der Waals surface area contributed by atoms with Crippen LogP contribution in [0.25, 0.3) is 11.3 Å². The molecule has 0 fully saturated rings. The van der Waals surface area contributed by atoms with Crippen LogP contribution < -0.4 is 0 Å². The van der Waals surface area contributed by atoms with Gasteiger partial charge in [0, 0.05) is 5.56 Å². The Labute approximate surface area is 100 Å². The van der Waals surface area contributed by atoms with Crippen LogP contribution in [0.3, 0.4) is 0 Å². The molecule has 1 aromatic heterocycles. The summed E-state index contributed by atoms with van der Waals surface area (Å²) in [5, 5.41) is 0.139. The lowest BCUT2D eigenvalue weighted by molar-refractivity contribution is -0.137.